The zero-order valence-electron chi connectivity index (χ0n) is 10.4. The first-order valence-electron chi connectivity index (χ1n) is 6.14. The number of hydrogen-bond donors (Lipinski definition) is 0. The fourth-order valence-corrected chi connectivity index (χ4v) is 3.22. The Labute approximate surface area is 135 Å². The molecule has 1 aromatic carbocycles. The van der Waals surface area contributed by atoms with Gasteiger partial charge in [-0.15, -0.1) is 0 Å². The molecular formula is C13H15Br2ClN2O. The number of alkyl halides is 1. The van der Waals surface area contributed by atoms with Gasteiger partial charge < -0.3 is 4.90 Å². The lowest BCUT2D eigenvalue weighted by Gasteiger charge is -2.34. The van der Waals surface area contributed by atoms with E-state index in [1.54, 1.807) is 12.1 Å². The Morgan fingerprint density at radius 3 is 2.58 bits per heavy atom. The Kier molecular flexibility index (Phi) is 5.69. The van der Waals surface area contributed by atoms with Crippen molar-refractivity contribution in [3.05, 3.63) is 33.3 Å². The average molecular weight is 411 g/mol. The van der Waals surface area contributed by atoms with E-state index < -0.39 is 0 Å². The van der Waals surface area contributed by atoms with Crippen molar-refractivity contribution in [3.8, 4) is 0 Å². The van der Waals surface area contributed by atoms with Crippen LogP contribution in [0.25, 0.3) is 0 Å². The van der Waals surface area contributed by atoms with E-state index in [2.05, 4.69) is 36.8 Å². The molecule has 1 amide bonds. The molecule has 1 aromatic rings. The molecule has 0 aliphatic carbocycles. The van der Waals surface area contributed by atoms with Crippen LogP contribution in [0.3, 0.4) is 0 Å². The van der Waals surface area contributed by atoms with E-state index in [0.717, 1.165) is 42.5 Å². The number of nitrogens with zero attached hydrogens (tertiary/aromatic N) is 2. The molecule has 0 N–H and O–H groups in total. The Bertz CT molecular complexity index is 462. The first-order valence-corrected chi connectivity index (χ1v) is 8.43. The third-order valence-electron chi connectivity index (χ3n) is 3.22. The normalized spacial score (nSPS) is 16.7. The van der Waals surface area contributed by atoms with Gasteiger partial charge in [0, 0.05) is 47.5 Å². The first-order chi connectivity index (χ1) is 9.11. The molecule has 0 bridgehead atoms. The molecule has 1 aliphatic rings. The second-order valence-electron chi connectivity index (χ2n) is 4.45. The molecule has 0 atom stereocenters. The summed E-state index contributed by atoms with van der Waals surface area (Å²) in [5.74, 6) is 0.0490. The van der Waals surface area contributed by atoms with Crippen molar-refractivity contribution in [3.63, 3.8) is 0 Å². The van der Waals surface area contributed by atoms with Crippen molar-refractivity contribution in [1.82, 2.24) is 9.80 Å². The van der Waals surface area contributed by atoms with Crippen molar-refractivity contribution in [1.29, 1.82) is 0 Å². The minimum absolute atomic E-state index is 0.0490. The SMILES string of the molecule is O=C(c1cc(Cl)ccc1Br)N1CCN(CCBr)CC1. The quantitative estimate of drug-likeness (QED) is 0.715. The molecule has 1 fully saturated rings. The van der Waals surface area contributed by atoms with Gasteiger partial charge in [-0.25, -0.2) is 0 Å². The van der Waals surface area contributed by atoms with Crippen LogP contribution in [-0.2, 0) is 0 Å². The van der Waals surface area contributed by atoms with E-state index in [4.69, 9.17) is 11.6 Å². The van der Waals surface area contributed by atoms with E-state index in [0.29, 0.717) is 10.6 Å². The van der Waals surface area contributed by atoms with Crippen LogP contribution in [0.15, 0.2) is 22.7 Å². The van der Waals surface area contributed by atoms with Crippen LogP contribution in [0.5, 0.6) is 0 Å². The third-order valence-corrected chi connectivity index (χ3v) is 4.50. The molecule has 0 radical (unpaired) electrons. The summed E-state index contributed by atoms with van der Waals surface area (Å²) in [4.78, 5) is 16.7. The van der Waals surface area contributed by atoms with Gasteiger partial charge in [0.25, 0.3) is 5.91 Å². The Balaban J connectivity index is 2.03. The number of piperazine rings is 1. The molecule has 6 heteroatoms. The topological polar surface area (TPSA) is 23.6 Å². The van der Waals surface area contributed by atoms with Gasteiger partial charge in [-0.2, -0.15) is 0 Å². The smallest absolute Gasteiger partial charge is 0.255 e. The van der Waals surface area contributed by atoms with Gasteiger partial charge >= 0.3 is 0 Å². The fraction of sp³-hybridized carbons (Fsp3) is 0.462. The van der Waals surface area contributed by atoms with Crippen molar-refractivity contribution < 1.29 is 4.79 Å². The number of carbonyl (C=O) groups excluding carboxylic acids is 1. The molecule has 0 aromatic heterocycles. The number of halogens is 3. The van der Waals surface area contributed by atoms with Crippen molar-refractivity contribution in [2.75, 3.05) is 38.1 Å². The third kappa shape index (κ3) is 3.94. The molecule has 0 saturated carbocycles. The summed E-state index contributed by atoms with van der Waals surface area (Å²) in [7, 11) is 0. The molecule has 1 heterocycles. The summed E-state index contributed by atoms with van der Waals surface area (Å²) in [5.41, 5.74) is 0.640. The summed E-state index contributed by atoms with van der Waals surface area (Å²) in [5, 5.41) is 1.56. The number of rotatable bonds is 3. The number of hydrogen-bond acceptors (Lipinski definition) is 2. The Hall–Kier alpha value is -0.100. The van der Waals surface area contributed by atoms with E-state index in [-0.39, 0.29) is 5.91 Å². The molecule has 2 rings (SSSR count). The summed E-state index contributed by atoms with van der Waals surface area (Å²) in [6, 6.07) is 5.31. The first kappa shape index (κ1) is 15.3. The van der Waals surface area contributed by atoms with Crippen LogP contribution in [0, 0.1) is 0 Å². The maximum Gasteiger partial charge on any atom is 0.255 e. The standard InChI is InChI=1S/C13H15Br2ClN2O/c14-3-4-17-5-7-18(8-6-17)13(19)11-9-10(16)1-2-12(11)15/h1-2,9H,3-8H2. The molecule has 19 heavy (non-hydrogen) atoms. The van der Waals surface area contributed by atoms with Gasteiger partial charge in [-0.1, -0.05) is 27.5 Å². The molecule has 0 spiro atoms. The highest BCUT2D eigenvalue weighted by Gasteiger charge is 2.23. The maximum absolute atomic E-state index is 12.4. The number of benzene rings is 1. The second-order valence-corrected chi connectivity index (χ2v) is 6.53. The van der Waals surface area contributed by atoms with E-state index in [9.17, 15) is 4.79 Å². The highest BCUT2D eigenvalue weighted by molar-refractivity contribution is 9.10. The Morgan fingerprint density at radius 2 is 1.95 bits per heavy atom. The van der Waals surface area contributed by atoms with E-state index in [1.807, 2.05) is 11.0 Å². The number of carbonyl (C=O) groups is 1. The highest BCUT2D eigenvalue weighted by atomic mass is 79.9. The van der Waals surface area contributed by atoms with Crippen molar-refractivity contribution in [2.45, 2.75) is 0 Å². The van der Waals surface area contributed by atoms with Crippen LogP contribution in [0.4, 0.5) is 0 Å². The lowest BCUT2D eigenvalue weighted by Crippen LogP contribution is -2.49. The van der Waals surface area contributed by atoms with Crippen LogP contribution < -0.4 is 0 Å². The molecule has 104 valence electrons. The Morgan fingerprint density at radius 1 is 1.26 bits per heavy atom. The number of amides is 1. The molecule has 3 nitrogen and oxygen atoms in total. The lowest BCUT2D eigenvalue weighted by atomic mass is 10.2. The average Bonchev–Trinajstić information content (AvgIpc) is 2.42. The molecule has 0 unspecified atom stereocenters. The molecular weight excluding hydrogens is 395 g/mol. The van der Waals surface area contributed by atoms with Gasteiger partial charge in [-0.05, 0) is 34.1 Å². The van der Waals surface area contributed by atoms with Crippen molar-refractivity contribution in [2.24, 2.45) is 0 Å². The maximum atomic E-state index is 12.4. The minimum atomic E-state index is 0.0490. The van der Waals surface area contributed by atoms with Crippen molar-refractivity contribution >= 4 is 49.4 Å². The van der Waals surface area contributed by atoms with Gasteiger partial charge in [0.2, 0.25) is 0 Å². The van der Waals surface area contributed by atoms with Crippen LogP contribution >= 0.6 is 43.5 Å². The molecule has 1 saturated heterocycles. The second kappa shape index (κ2) is 7.07. The van der Waals surface area contributed by atoms with E-state index >= 15 is 0 Å². The van der Waals surface area contributed by atoms with Crippen LogP contribution in [0.2, 0.25) is 5.02 Å². The lowest BCUT2D eigenvalue weighted by molar-refractivity contribution is 0.0644. The summed E-state index contributed by atoms with van der Waals surface area (Å²) < 4.78 is 0.796. The highest BCUT2D eigenvalue weighted by Crippen LogP contribution is 2.23. The van der Waals surface area contributed by atoms with Gasteiger partial charge in [0.1, 0.15) is 0 Å². The minimum Gasteiger partial charge on any atom is -0.336 e. The predicted octanol–water partition coefficient (Wildman–Crippen LogP) is 3.26. The van der Waals surface area contributed by atoms with Gasteiger partial charge in [0.05, 0.1) is 5.56 Å². The van der Waals surface area contributed by atoms with Gasteiger partial charge in [0.15, 0.2) is 0 Å². The zero-order valence-corrected chi connectivity index (χ0v) is 14.3. The van der Waals surface area contributed by atoms with E-state index in [1.165, 1.54) is 0 Å². The summed E-state index contributed by atoms with van der Waals surface area (Å²) in [6.45, 7) is 4.42. The largest absolute Gasteiger partial charge is 0.336 e. The summed E-state index contributed by atoms with van der Waals surface area (Å²) >= 11 is 12.8. The van der Waals surface area contributed by atoms with Crippen LogP contribution in [-0.4, -0.2) is 53.8 Å². The van der Waals surface area contributed by atoms with Gasteiger partial charge in [-0.3, -0.25) is 9.69 Å². The summed E-state index contributed by atoms with van der Waals surface area (Å²) in [6.07, 6.45) is 0. The predicted molar refractivity (Wildman–Crippen MR) is 85.3 cm³/mol. The molecule has 1 aliphatic heterocycles. The van der Waals surface area contributed by atoms with Crippen LogP contribution in [0.1, 0.15) is 10.4 Å². The monoisotopic (exact) mass is 408 g/mol. The fourth-order valence-electron chi connectivity index (χ4n) is 2.13. The zero-order chi connectivity index (χ0) is 13.8.